The van der Waals surface area contributed by atoms with Gasteiger partial charge in [0.2, 0.25) is 0 Å². The zero-order valence-corrected chi connectivity index (χ0v) is 22.4. The Hall–Kier alpha value is -2.78. The maximum absolute atomic E-state index is 5.52. The average Bonchev–Trinajstić information content (AvgIpc) is 3.26. The van der Waals surface area contributed by atoms with Gasteiger partial charge in [0.1, 0.15) is 0 Å². The van der Waals surface area contributed by atoms with Crippen LogP contribution in [0.15, 0.2) is 72.8 Å². The molecule has 2 aliphatic rings. The van der Waals surface area contributed by atoms with Gasteiger partial charge in [-0.15, -0.1) is 6.42 Å². The SMILES string of the molecule is C#Cc1ccc(CC2CCC(C(C(=C)C)c3ccc(C4=CC(C)C=C4)cc3C(C)(C)C)CC2)cc1. The van der Waals surface area contributed by atoms with E-state index in [1.54, 1.807) is 0 Å². The van der Waals surface area contributed by atoms with Crippen LogP contribution in [-0.2, 0) is 11.8 Å². The molecule has 0 heterocycles. The summed E-state index contributed by atoms with van der Waals surface area (Å²) in [5.41, 5.74) is 9.47. The topological polar surface area (TPSA) is 0 Å². The van der Waals surface area contributed by atoms with E-state index in [1.165, 1.54) is 59.1 Å². The number of rotatable bonds is 6. The van der Waals surface area contributed by atoms with Gasteiger partial charge in [0, 0.05) is 11.5 Å². The number of benzene rings is 2. The highest BCUT2D eigenvalue weighted by Gasteiger charge is 2.32. The first-order valence-electron chi connectivity index (χ1n) is 13.4. The van der Waals surface area contributed by atoms with Crippen molar-refractivity contribution < 1.29 is 0 Å². The Morgan fingerprint density at radius 1 is 1.06 bits per heavy atom. The molecule has 0 radical (unpaired) electrons. The van der Waals surface area contributed by atoms with E-state index in [1.807, 2.05) is 0 Å². The Morgan fingerprint density at radius 2 is 1.74 bits per heavy atom. The van der Waals surface area contributed by atoms with Crippen molar-refractivity contribution in [3.8, 4) is 12.3 Å². The van der Waals surface area contributed by atoms with Crippen molar-refractivity contribution in [1.29, 1.82) is 0 Å². The third-order valence-corrected chi connectivity index (χ3v) is 8.09. The first-order valence-corrected chi connectivity index (χ1v) is 13.4. The standard InChI is InChI=1S/C35H42/c1-8-26-10-12-27(13-11-26)22-28-14-17-29(18-15-28)34(24(2)3)32-20-19-31(23-33(32)35(5,6)7)30-16-9-25(4)21-30/h1,9-13,16,19-21,23,25,28-29,34H,2,14-15,17-18,22H2,3-7H3. The van der Waals surface area contributed by atoms with Crippen molar-refractivity contribution in [2.45, 2.75) is 78.1 Å². The van der Waals surface area contributed by atoms with Crippen LogP contribution in [0.25, 0.3) is 5.57 Å². The van der Waals surface area contributed by atoms with Crippen LogP contribution in [0.5, 0.6) is 0 Å². The van der Waals surface area contributed by atoms with E-state index in [4.69, 9.17) is 6.42 Å². The second-order valence-electron chi connectivity index (χ2n) is 12.0. The van der Waals surface area contributed by atoms with Gasteiger partial charge in [0.15, 0.2) is 0 Å². The lowest BCUT2D eigenvalue weighted by molar-refractivity contribution is 0.252. The zero-order valence-electron chi connectivity index (χ0n) is 22.4. The molecule has 2 unspecified atom stereocenters. The highest BCUT2D eigenvalue weighted by atomic mass is 14.4. The van der Waals surface area contributed by atoms with Crippen molar-refractivity contribution in [2.75, 3.05) is 0 Å². The number of allylic oxidation sites excluding steroid dienone is 5. The van der Waals surface area contributed by atoms with Gasteiger partial charge in [-0.25, -0.2) is 0 Å². The van der Waals surface area contributed by atoms with E-state index >= 15 is 0 Å². The third-order valence-electron chi connectivity index (χ3n) is 8.09. The van der Waals surface area contributed by atoms with Crippen LogP contribution in [-0.4, -0.2) is 0 Å². The van der Waals surface area contributed by atoms with Gasteiger partial charge < -0.3 is 0 Å². The number of hydrogen-bond acceptors (Lipinski definition) is 0. The second kappa shape index (κ2) is 10.5. The summed E-state index contributed by atoms with van der Waals surface area (Å²) in [6.45, 7) is 16.1. The average molecular weight is 463 g/mol. The molecule has 4 rings (SSSR count). The van der Waals surface area contributed by atoms with Gasteiger partial charge >= 0.3 is 0 Å². The molecule has 0 spiro atoms. The van der Waals surface area contributed by atoms with Crippen LogP contribution >= 0.6 is 0 Å². The first-order chi connectivity index (χ1) is 16.7. The fourth-order valence-corrected chi connectivity index (χ4v) is 6.22. The molecule has 182 valence electrons. The van der Waals surface area contributed by atoms with Crippen LogP contribution in [0.3, 0.4) is 0 Å². The minimum atomic E-state index is 0.0925. The molecule has 0 nitrogen and oxygen atoms in total. The van der Waals surface area contributed by atoms with Gasteiger partial charge in [-0.1, -0.05) is 94.3 Å². The summed E-state index contributed by atoms with van der Waals surface area (Å²) in [6, 6.07) is 15.8. The Labute approximate surface area is 214 Å². The van der Waals surface area contributed by atoms with Gasteiger partial charge in [0.25, 0.3) is 0 Å². The van der Waals surface area contributed by atoms with Crippen LogP contribution in [0.4, 0.5) is 0 Å². The largest absolute Gasteiger partial charge is 0.115 e. The van der Waals surface area contributed by atoms with E-state index in [-0.39, 0.29) is 5.41 Å². The van der Waals surface area contributed by atoms with Gasteiger partial charge in [0.05, 0.1) is 0 Å². The van der Waals surface area contributed by atoms with E-state index in [0.717, 1.165) is 17.9 Å². The predicted octanol–water partition coefficient (Wildman–Crippen LogP) is 9.26. The van der Waals surface area contributed by atoms with Gasteiger partial charge in [-0.05, 0) is 102 Å². The molecule has 0 aliphatic heterocycles. The minimum Gasteiger partial charge on any atom is -0.115 e. The third kappa shape index (κ3) is 5.90. The van der Waals surface area contributed by atoms with E-state index in [2.05, 4.69) is 108 Å². The molecule has 0 N–H and O–H groups in total. The lowest BCUT2D eigenvalue weighted by Gasteiger charge is -2.37. The van der Waals surface area contributed by atoms with Crippen LogP contribution < -0.4 is 0 Å². The molecule has 0 heteroatoms. The molecule has 0 aromatic heterocycles. The minimum absolute atomic E-state index is 0.0925. The normalized spacial score (nSPS) is 23.0. The molecule has 2 aromatic rings. The molecule has 2 aromatic carbocycles. The highest BCUT2D eigenvalue weighted by molar-refractivity contribution is 5.77. The van der Waals surface area contributed by atoms with Crippen LogP contribution in [0.1, 0.15) is 94.0 Å². The maximum Gasteiger partial charge on any atom is 0.0242 e. The van der Waals surface area contributed by atoms with E-state index < -0.39 is 0 Å². The highest BCUT2D eigenvalue weighted by Crippen LogP contribution is 2.45. The molecule has 0 bridgehead atoms. The summed E-state index contributed by atoms with van der Waals surface area (Å²) < 4.78 is 0. The van der Waals surface area contributed by atoms with Gasteiger partial charge in [-0.3, -0.25) is 0 Å². The van der Waals surface area contributed by atoms with Crippen molar-refractivity contribution in [2.24, 2.45) is 17.8 Å². The lowest BCUT2D eigenvalue weighted by Crippen LogP contribution is -2.25. The molecule has 0 saturated heterocycles. The molecule has 35 heavy (non-hydrogen) atoms. The summed E-state index contributed by atoms with van der Waals surface area (Å²) in [4.78, 5) is 0. The molecular formula is C35H42. The monoisotopic (exact) mass is 462 g/mol. The molecule has 1 saturated carbocycles. The first kappa shape index (κ1) is 25.3. The van der Waals surface area contributed by atoms with E-state index in [0.29, 0.717) is 17.8 Å². The molecule has 2 aliphatic carbocycles. The Balaban J connectivity index is 1.53. The zero-order chi connectivity index (χ0) is 25.2. The second-order valence-corrected chi connectivity index (χ2v) is 12.0. The van der Waals surface area contributed by atoms with Crippen LogP contribution in [0, 0.1) is 30.1 Å². The van der Waals surface area contributed by atoms with Gasteiger partial charge in [-0.2, -0.15) is 0 Å². The fraction of sp³-hybridized carbons (Fsp3) is 0.429. The summed E-state index contributed by atoms with van der Waals surface area (Å²) >= 11 is 0. The summed E-state index contributed by atoms with van der Waals surface area (Å²) in [7, 11) is 0. The van der Waals surface area contributed by atoms with Crippen molar-refractivity contribution >= 4 is 5.57 Å². The Bertz CT molecular complexity index is 1150. The summed E-state index contributed by atoms with van der Waals surface area (Å²) in [6.07, 6.45) is 18.8. The predicted molar refractivity (Wildman–Crippen MR) is 153 cm³/mol. The molecule has 2 atom stereocenters. The Kier molecular flexibility index (Phi) is 7.56. The van der Waals surface area contributed by atoms with Crippen molar-refractivity contribution in [3.63, 3.8) is 0 Å². The summed E-state index contributed by atoms with van der Waals surface area (Å²) in [5, 5.41) is 0. The van der Waals surface area contributed by atoms with Crippen molar-refractivity contribution in [3.05, 3.63) is 101 Å². The molecule has 0 amide bonds. The maximum atomic E-state index is 5.52. The Morgan fingerprint density at radius 3 is 2.29 bits per heavy atom. The summed E-state index contributed by atoms with van der Waals surface area (Å²) in [5.74, 6) is 5.12. The quantitative estimate of drug-likeness (QED) is 0.296. The van der Waals surface area contributed by atoms with Crippen molar-refractivity contribution in [1.82, 2.24) is 0 Å². The smallest absolute Gasteiger partial charge is 0.0242 e. The van der Waals surface area contributed by atoms with E-state index in [9.17, 15) is 0 Å². The molecule has 1 fully saturated rings. The van der Waals surface area contributed by atoms with Crippen LogP contribution in [0.2, 0.25) is 0 Å². The number of terminal acetylenes is 1. The molecular weight excluding hydrogens is 420 g/mol. The fourth-order valence-electron chi connectivity index (χ4n) is 6.22. The number of hydrogen-bond donors (Lipinski definition) is 0. The lowest BCUT2D eigenvalue weighted by atomic mass is 9.67.